The summed E-state index contributed by atoms with van der Waals surface area (Å²) in [6.07, 6.45) is 0.103. The number of hydrogen-bond acceptors (Lipinski definition) is 5. The molecule has 0 unspecified atom stereocenters. The lowest BCUT2D eigenvalue weighted by atomic mass is 10.1. The molecule has 2 aromatic carbocycles. The van der Waals surface area contributed by atoms with Crippen molar-refractivity contribution in [2.45, 2.75) is 31.7 Å². The van der Waals surface area contributed by atoms with Crippen LogP contribution in [0.4, 0.5) is 5.82 Å². The highest BCUT2D eigenvalue weighted by molar-refractivity contribution is 7.88. The Hall–Kier alpha value is -3.30. The number of rotatable bonds is 8. The van der Waals surface area contributed by atoms with E-state index in [1.807, 2.05) is 12.1 Å². The van der Waals surface area contributed by atoms with Gasteiger partial charge in [-0.3, -0.25) is 14.7 Å². The summed E-state index contributed by atoms with van der Waals surface area (Å²) in [5, 5.41) is 9.61. The molecule has 0 aliphatic carbocycles. The second kappa shape index (κ2) is 8.83. The minimum atomic E-state index is -3.52. The van der Waals surface area contributed by atoms with Gasteiger partial charge in [0.05, 0.1) is 18.0 Å². The summed E-state index contributed by atoms with van der Waals surface area (Å²) in [5.74, 6) is -0.232. The number of hydrogen-bond donors (Lipinski definition) is 2. The summed E-state index contributed by atoms with van der Waals surface area (Å²) in [7, 11) is -3.52. The maximum atomic E-state index is 12.8. The van der Waals surface area contributed by atoms with Crippen LogP contribution < -0.4 is 5.32 Å². The lowest BCUT2D eigenvalue weighted by molar-refractivity contribution is -0.116. The van der Waals surface area contributed by atoms with Gasteiger partial charge in [-0.25, -0.2) is 8.42 Å². The van der Waals surface area contributed by atoms with Crippen molar-refractivity contribution in [3.05, 3.63) is 83.0 Å². The fourth-order valence-electron chi connectivity index (χ4n) is 3.48. The minimum absolute atomic E-state index is 0.0192. The predicted molar refractivity (Wildman–Crippen MR) is 116 cm³/mol. The Bertz CT molecular complexity index is 1190. The van der Waals surface area contributed by atoms with Crippen LogP contribution in [0.5, 0.6) is 0 Å². The van der Waals surface area contributed by atoms with Gasteiger partial charge < -0.3 is 5.32 Å². The third-order valence-electron chi connectivity index (χ3n) is 5.14. The first-order valence-electron chi connectivity index (χ1n) is 9.88. The number of Topliss-reactive ketones (excluding diaryl/α,β-unsaturated/α-hetero) is 1. The molecule has 0 spiro atoms. The van der Waals surface area contributed by atoms with Crippen molar-refractivity contribution in [1.82, 2.24) is 14.5 Å². The summed E-state index contributed by atoms with van der Waals surface area (Å²) < 4.78 is 26.9. The standard InChI is InChI=1S/C22H22N4O4S/c27-20(17-9-5-2-6-10-17)11-12-21(28)23-22-18-13-26(14-19(18)24-25-22)31(29,30)15-16-7-3-1-4-8-16/h1-10H,11-15H2,(H2,23,24,25,28). The number of aromatic amines is 1. The lowest BCUT2D eigenvalue weighted by Crippen LogP contribution is -2.27. The molecule has 0 fully saturated rings. The molecule has 1 aliphatic rings. The van der Waals surface area contributed by atoms with Gasteiger partial charge in [-0.1, -0.05) is 60.7 Å². The molecule has 8 nitrogen and oxygen atoms in total. The normalized spacial score (nSPS) is 13.7. The summed E-state index contributed by atoms with van der Waals surface area (Å²) in [4.78, 5) is 24.5. The molecular formula is C22H22N4O4S. The van der Waals surface area contributed by atoms with Gasteiger partial charge in [-0.15, -0.1) is 0 Å². The topological polar surface area (TPSA) is 112 Å². The third-order valence-corrected chi connectivity index (χ3v) is 6.88. The summed E-state index contributed by atoms with van der Waals surface area (Å²) in [6, 6.07) is 17.8. The van der Waals surface area contributed by atoms with Crippen molar-refractivity contribution in [2.75, 3.05) is 5.32 Å². The lowest BCUT2D eigenvalue weighted by Gasteiger charge is -2.16. The minimum Gasteiger partial charge on any atom is -0.309 e. The highest BCUT2D eigenvalue weighted by atomic mass is 32.2. The van der Waals surface area contributed by atoms with Crippen molar-refractivity contribution in [1.29, 1.82) is 0 Å². The number of aromatic nitrogens is 2. The zero-order valence-electron chi connectivity index (χ0n) is 16.7. The van der Waals surface area contributed by atoms with Gasteiger partial charge in [-0.2, -0.15) is 9.40 Å². The van der Waals surface area contributed by atoms with Crippen LogP contribution in [0.3, 0.4) is 0 Å². The van der Waals surface area contributed by atoms with E-state index in [0.717, 1.165) is 0 Å². The van der Waals surface area contributed by atoms with Gasteiger partial charge in [0.25, 0.3) is 0 Å². The quantitative estimate of drug-likeness (QED) is 0.525. The van der Waals surface area contributed by atoms with E-state index in [1.165, 1.54) is 4.31 Å². The first-order chi connectivity index (χ1) is 14.9. The number of benzene rings is 2. The van der Waals surface area contributed by atoms with E-state index in [1.54, 1.807) is 48.5 Å². The maximum absolute atomic E-state index is 12.8. The SMILES string of the molecule is O=C(CCC(=O)c1ccccc1)Nc1n[nH]c2c1CN(S(=O)(=O)Cc1ccccc1)C2. The smallest absolute Gasteiger partial charge is 0.226 e. The molecule has 1 aromatic heterocycles. The van der Waals surface area contributed by atoms with E-state index < -0.39 is 10.0 Å². The Kier molecular flexibility index (Phi) is 5.97. The van der Waals surface area contributed by atoms with E-state index in [9.17, 15) is 18.0 Å². The van der Waals surface area contributed by atoms with Gasteiger partial charge >= 0.3 is 0 Å². The molecule has 0 bridgehead atoms. The van der Waals surface area contributed by atoms with Gasteiger partial charge in [0.1, 0.15) is 0 Å². The Labute approximate surface area is 180 Å². The molecule has 0 saturated heterocycles. The summed E-state index contributed by atoms with van der Waals surface area (Å²) in [6.45, 7) is 0.319. The number of carbonyl (C=O) groups is 2. The number of anilines is 1. The number of carbonyl (C=O) groups excluding carboxylic acids is 2. The van der Waals surface area contributed by atoms with Crippen LogP contribution in [0.15, 0.2) is 60.7 Å². The van der Waals surface area contributed by atoms with Crippen LogP contribution in [0, 0.1) is 0 Å². The van der Waals surface area contributed by atoms with Crippen molar-refractivity contribution in [2.24, 2.45) is 0 Å². The molecule has 3 aromatic rings. The highest BCUT2D eigenvalue weighted by Crippen LogP contribution is 2.30. The first-order valence-corrected chi connectivity index (χ1v) is 11.5. The molecule has 1 aliphatic heterocycles. The highest BCUT2D eigenvalue weighted by Gasteiger charge is 2.33. The molecule has 9 heteroatoms. The largest absolute Gasteiger partial charge is 0.309 e. The number of sulfonamides is 1. The van der Waals surface area contributed by atoms with Gasteiger partial charge in [0.2, 0.25) is 15.9 Å². The zero-order chi connectivity index (χ0) is 21.8. The number of fused-ring (bicyclic) bond motifs is 1. The number of amides is 1. The monoisotopic (exact) mass is 438 g/mol. The summed E-state index contributed by atoms with van der Waals surface area (Å²) in [5.41, 5.74) is 2.59. The van der Waals surface area contributed by atoms with Crippen molar-refractivity contribution in [3.63, 3.8) is 0 Å². The summed E-state index contributed by atoms with van der Waals surface area (Å²) >= 11 is 0. The molecule has 31 heavy (non-hydrogen) atoms. The average Bonchev–Trinajstić information content (AvgIpc) is 3.36. The van der Waals surface area contributed by atoms with E-state index in [4.69, 9.17) is 0 Å². The predicted octanol–water partition coefficient (Wildman–Crippen LogP) is 2.86. The fourth-order valence-corrected chi connectivity index (χ4v) is 4.93. The Morgan fingerprint density at radius 3 is 2.35 bits per heavy atom. The average molecular weight is 439 g/mol. The van der Waals surface area contributed by atoms with Crippen molar-refractivity contribution in [3.8, 4) is 0 Å². The molecule has 2 heterocycles. The number of nitrogens with one attached hydrogen (secondary N) is 2. The number of ketones is 1. The van der Waals surface area contributed by atoms with Crippen LogP contribution in [0.1, 0.15) is 40.0 Å². The Balaban J connectivity index is 1.35. The van der Waals surface area contributed by atoms with Crippen LogP contribution in [-0.2, 0) is 33.7 Å². The molecule has 4 rings (SSSR count). The zero-order valence-corrected chi connectivity index (χ0v) is 17.6. The molecular weight excluding hydrogens is 416 g/mol. The molecule has 2 N–H and O–H groups in total. The van der Waals surface area contributed by atoms with Gasteiger partial charge in [0, 0.05) is 30.5 Å². The first kappa shape index (κ1) is 21.0. The van der Waals surface area contributed by atoms with Crippen LogP contribution in [0.25, 0.3) is 0 Å². The third kappa shape index (κ3) is 4.89. The second-order valence-electron chi connectivity index (χ2n) is 7.38. The van der Waals surface area contributed by atoms with E-state index >= 15 is 0 Å². The van der Waals surface area contributed by atoms with E-state index in [2.05, 4.69) is 15.5 Å². The van der Waals surface area contributed by atoms with E-state index in [0.29, 0.717) is 28.2 Å². The van der Waals surface area contributed by atoms with Crippen molar-refractivity contribution < 1.29 is 18.0 Å². The molecule has 160 valence electrons. The molecule has 0 saturated carbocycles. The van der Waals surface area contributed by atoms with Crippen LogP contribution in [-0.4, -0.2) is 34.6 Å². The maximum Gasteiger partial charge on any atom is 0.226 e. The van der Waals surface area contributed by atoms with Crippen molar-refractivity contribution >= 4 is 27.5 Å². The van der Waals surface area contributed by atoms with Gasteiger partial charge in [-0.05, 0) is 5.56 Å². The molecule has 1 amide bonds. The Morgan fingerprint density at radius 1 is 0.968 bits per heavy atom. The van der Waals surface area contributed by atoms with Crippen LogP contribution >= 0.6 is 0 Å². The number of nitrogens with zero attached hydrogens (tertiary/aromatic N) is 2. The molecule has 0 atom stereocenters. The number of H-pyrrole nitrogens is 1. The molecule has 0 radical (unpaired) electrons. The second-order valence-corrected chi connectivity index (χ2v) is 9.35. The Morgan fingerprint density at radius 2 is 1.65 bits per heavy atom. The fraction of sp³-hybridized carbons (Fsp3) is 0.227. The van der Waals surface area contributed by atoms with Crippen LogP contribution in [0.2, 0.25) is 0 Å². The van der Waals surface area contributed by atoms with E-state index in [-0.39, 0.29) is 43.4 Å². The van der Waals surface area contributed by atoms with Gasteiger partial charge in [0.15, 0.2) is 11.6 Å².